The van der Waals surface area contributed by atoms with Gasteiger partial charge in [0.1, 0.15) is 20.2 Å². The fourth-order valence-electron chi connectivity index (χ4n) is 3.37. The Bertz CT molecular complexity index is 1350. The van der Waals surface area contributed by atoms with Gasteiger partial charge in [0.15, 0.2) is 0 Å². The van der Waals surface area contributed by atoms with Gasteiger partial charge in [-0.15, -0.1) is 0 Å². The van der Waals surface area contributed by atoms with Crippen molar-refractivity contribution in [3.8, 4) is 0 Å². The first-order valence-electron chi connectivity index (χ1n) is 8.88. The number of hydrogen-bond acceptors (Lipinski definition) is 6. The molecule has 6 nitrogen and oxygen atoms in total. The second-order valence-corrected chi connectivity index (χ2v) is 9.41. The molecule has 0 saturated carbocycles. The summed E-state index contributed by atoms with van der Waals surface area (Å²) in [6, 6.07) is 20.8. The number of benzene rings is 4. The average molecular weight is 483 g/mol. The summed E-state index contributed by atoms with van der Waals surface area (Å²) in [6.07, 6.45) is 0. The van der Waals surface area contributed by atoms with Gasteiger partial charge in [-0.3, -0.25) is 0 Å². The molecule has 0 N–H and O–H groups in total. The molecule has 0 saturated heterocycles. The zero-order chi connectivity index (χ0) is 22.1. The summed E-state index contributed by atoms with van der Waals surface area (Å²) in [5.41, 5.74) is 0.979. The minimum Gasteiger partial charge on any atom is -0.744 e. The van der Waals surface area contributed by atoms with Gasteiger partial charge in [0.05, 0.1) is 9.79 Å². The zero-order valence-electron chi connectivity index (χ0n) is 16.9. The van der Waals surface area contributed by atoms with E-state index >= 15 is 0 Å². The second-order valence-electron chi connectivity index (χ2n) is 6.77. The molecule has 0 bridgehead atoms. The predicted octanol–water partition coefficient (Wildman–Crippen LogP) is 3.72. The van der Waals surface area contributed by atoms with Crippen LogP contribution in [0.1, 0.15) is 11.1 Å². The van der Waals surface area contributed by atoms with Gasteiger partial charge in [0.25, 0.3) is 0 Å². The molecule has 4 aromatic rings. The smallest absolute Gasteiger partial charge is 0.744 e. The first kappa shape index (κ1) is 25.7. The summed E-state index contributed by atoms with van der Waals surface area (Å²) >= 11 is 0. The van der Waals surface area contributed by atoms with Crippen molar-refractivity contribution in [3.63, 3.8) is 0 Å². The normalized spacial score (nSPS) is 11.5. The molecule has 9 heteroatoms. The molecular formula is C22H18CaO6S2. The minimum atomic E-state index is -4.41. The molecule has 4 aromatic carbocycles. The van der Waals surface area contributed by atoms with Crippen LogP contribution >= 0.6 is 0 Å². The van der Waals surface area contributed by atoms with Gasteiger partial charge < -0.3 is 9.11 Å². The van der Waals surface area contributed by atoms with Gasteiger partial charge in [-0.1, -0.05) is 72.8 Å². The fourth-order valence-corrected chi connectivity index (χ4v) is 5.20. The predicted molar refractivity (Wildman–Crippen MR) is 119 cm³/mol. The SMILES string of the molecule is Cc1ccc2ccccc2c1S(=O)(=O)[O-].Cc1ccc2ccccc2c1S(=O)(=O)[O-].[Ca+2]. The first-order chi connectivity index (χ1) is 14.0. The van der Waals surface area contributed by atoms with Gasteiger partial charge in [-0.2, -0.15) is 0 Å². The van der Waals surface area contributed by atoms with Gasteiger partial charge in [-0.05, 0) is 46.5 Å². The summed E-state index contributed by atoms with van der Waals surface area (Å²) in [5.74, 6) is 0. The molecule has 0 heterocycles. The van der Waals surface area contributed by atoms with Crippen molar-refractivity contribution in [3.05, 3.63) is 83.9 Å². The monoisotopic (exact) mass is 482 g/mol. The summed E-state index contributed by atoms with van der Waals surface area (Å²) in [5, 5.41) is 2.51. The third-order valence-corrected chi connectivity index (χ3v) is 6.74. The summed E-state index contributed by atoms with van der Waals surface area (Å²) < 4.78 is 66.7. The summed E-state index contributed by atoms with van der Waals surface area (Å²) in [4.78, 5) is -0.221. The molecular weight excluding hydrogens is 464 g/mol. The Kier molecular flexibility index (Phi) is 8.27. The van der Waals surface area contributed by atoms with E-state index in [1.807, 2.05) is 0 Å². The van der Waals surface area contributed by atoms with Crippen LogP contribution in [0, 0.1) is 13.8 Å². The Labute approximate surface area is 211 Å². The maximum absolute atomic E-state index is 11.1. The van der Waals surface area contributed by atoms with Gasteiger partial charge in [-0.25, -0.2) is 16.8 Å². The molecule has 4 rings (SSSR count). The van der Waals surface area contributed by atoms with E-state index in [2.05, 4.69) is 0 Å². The van der Waals surface area contributed by atoms with Crippen molar-refractivity contribution in [1.82, 2.24) is 0 Å². The van der Waals surface area contributed by atoms with E-state index in [1.54, 1.807) is 86.6 Å². The van der Waals surface area contributed by atoms with Crippen molar-refractivity contribution >= 4 is 79.5 Å². The van der Waals surface area contributed by atoms with E-state index in [1.165, 1.54) is 0 Å². The van der Waals surface area contributed by atoms with Crippen LogP contribution in [0.25, 0.3) is 21.5 Å². The van der Waals surface area contributed by atoms with Crippen LogP contribution in [0.15, 0.2) is 82.6 Å². The standard InChI is InChI=1S/2C11H10O3S.Ca/c2*1-8-6-7-9-4-2-3-5-10(9)11(8)15(12,13)14;/h2*2-7H,1H3,(H,12,13,14);/q;;+2/p-2. The largest absolute Gasteiger partial charge is 2.00 e. The van der Waals surface area contributed by atoms with E-state index in [4.69, 9.17) is 0 Å². The Morgan fingerprint density at radius 3 is 1.19 bits per heavy atom. The molecule has 31 heavy (non-hydrogen) atoms. The number of rotatable bonds is 2. The molecule has 0 aliphatic carbocycles. The summed E-state index contributed by atoms with van der Waals surface area (Å²) in [7, 11) is -8.82. The Hall–Kier alpha value is -1.52. The van der Waals surface area contributed by atoms with Gasteiger partial charge in [0, 0.05) is 0 Å². The van der Waals surface area contributed by atoms with E-state index < -0.39 is 20.2 Å². The van der Waals surface area contributed by atoms with Crippen LogP contribution in [0.4, 0.5) is 0 Å². The van der Waals surface area contributed by atoms with Gasteiger partial charge >= 0.3 is 37.7 Å². The van der Waals surface area contributed by atoms with Crippen LogP contribution in [0.3, 0.4) is 0 Å². The Morgan fingerprint density at radius 1 is 0.548 bits per heavy atom. The van der Waals surface area contributed by atoms with E-state index in [-0.39, 0.29) is 47.5 Å². The number of aryl methyl sites for hydroxylation is 2. The molecule has 0 spiro atoms. The van der Waals surface area contributed by atoms with Crippen molar-refractivity contribution in [2.75, 3.05) is 0 Å². The average Bonchev–Trinajstić information content (AvgIpc) is 2.66. The third kappa shape index (κ3) is 5.84. The molecule has 0 fully saturated rings. The maximum atomic E-state index is 11.1. The van der Waals surface area contributed by atoms with E-state index in [9.17, 15) is 25.9 Å². The van der Waals surface area contributed by atoms with E-state index in [0.29, 0.717) is 21.9 Å². The van der Waals surface area contributed by atoms with Crippen LogP contribution in [0.2, 0.25) is 0 Å². The first-order valence-corrected chi connectivity index (χ1v) is 11.7. The minimum absolute atomic E-state index is 0. The zero-order valence-corrected chi connectivity index (χ0v) is 20.7. The van der Waals surface area contributed by atoms with Crippen LogP contribution in [0.5, 0.6) is 0 Å². The van der Waals surface area contributed by atoms with Crippen LogP contribution in [-0.2, 0) is 20.2 Å². The summed E-state index contributed by atoms with van der Waals surface area (Å²) in [6.45, 7) is 3.24. The van der Waals surface area contributed by atoms with Crippen molar-refractivity contribution < 1.29 is 25.9 Å². The molecule has 156 valence electrons. The van der Waals surface area contributed by atoms with Crippen LogP contribution in [-0.4, -0.2) is 63.7 Å². The van der Waals surface area contributed by atoms with Crippen LogP contribution < -0.4 is 0 Å². The Balaban J connectivity index is 0.000000213. The quantitative estimate of drug-likeness (QED) is 0.318. The maximum Gasteiger partial charge on any atom is 2.00 e. The van der Waals surface area contributed by atoms with E-state index in [0.717, 1.165) is 10.8 Å². The molecule has 0 aliphatic heterocycles. The second kappa shape index (κ2) is 9.95. The molecule has 0 radical (unpaired) electrons. The van der Waals surface area contributed by atoms with Gasteiger partial charge in [0.2, 0.25) is 0 Å². The number of fused-ring (bicyclic) bond motifs is 2. The van der Waals surface area contributed by atoms with Crippen molar-refractivity contribution in [1.29, 1.82) is 0 Å². The molecule has 0 amide bonds. The molecule has 0 aliphatic rings. The number of hydrogen-bond donors (Lipinski definition) is 0. The van der Waals surface area contributed by atoms with Crippen molar-refractivity contribution in [2.45, 2.75) is 23.6 Å². The topological polar surface area (TPSA) is 114 Å². The molecule has 0 unspecified atom stereocenters. The fraction of sp³-hybridized carbons (Fsp3) is 0.0909. The Morgan fingerprint density at radius 2 is 0.871 bits per heavy atom. The van der Waals surface area contributed by atoms with Crippen molar-refractivity contribution in [2.24, 2.45) is 0 Å². The molecule has 0 atom stereocenters. The molecule has 0 aromatic heterocycles. The third-order valence-electron chi connectivity index (χ3n) is 4.65.